The molecule has 1 amide bonds. The van der Waals surface area contributed by atoms with Gasteiger partial charge in [-0.1, -0.05) is 53.3 Å². The highest BCUT2D eigenvalue weighted by atomic mass is 35.5. The molecule has 11 heteroatoms. The molecule has 0 saturated carbocycles. The highest BCUT2D eigenvalue weighted by Crippen LogP contribution is 2.32. The van der Waals surface area contributed by atoms with E-state index in [0.717, 1.165) is 5.56 Å². The van der Waals surface area contributed by atoms with E-state index in [1.165, 1.54) is 18.4 Å². The van der Waals surface area contributed by atoms with Crippen molar-refractivity contribution in [3.05, 3.63) is 138 Å². The second-order valence-corrected chi connectivity index (χ2v) is 11.7. The van der Waals surface area contributed by atoms with Crippen LogP contribution in [0.1, 0.15) is 41.6 Å². The molecule has 232 valence electrons. The van der Waals surface area contributed by atoms with Crippen LogP contribution in [0.2, 0.25) is 5.02 Å². The highest BCUT2D eigenvalue weighted by molar-refractivity contribution is 7.07. The Morgan fingerprint density at radius 3 is 2.54 bits per heavy atom. The summed E-state index contributed by atoms with van der Waals surface area (Å²) in [6.07, 6.45) is 1.64. The summed E-state index contributed by atoms with van der Waals surface area (Å²) < 4.78 is 18.4. The first kappa shape index (κ1) is 30.8. The zero-order valence-corrected chi connectivity index (χ0v) is 26.6. The predicted octanol–water partition coefficient (Wildman–Crippen LogP) is 5.97. The van der Waals surface area contributed by atoms with E-state index in [1.54, 1.807) is 60.0 Å². The van der Waals surface area contributed by atoms with Gasteiger partial charge in [-0.15, -0.1) is 0 Å². The summed E-state index contributed by atoms with van der Waals surface area (Å²) in [6, 6.07) is 24.1. The molecule has 6 rings (SSSR count). The first-order valence-electron chi connectivity index (χ1n) is 14.4. The Morgan fingerprint density at radius 2 is 1.83 bits per heavy atom. The van der Waals surface area contributed by atoms with Crippen molar-refractivity contribution in [2.45, 2.75) is 19.9 Å². The average Bonchev–Trinajstić information content (AvgIpc) is 3.65. The maximum atomic E-state index is 14.1. The van der Waals surface area contributed by atoms with Gasteiger partial charge in [-0.05, 0) is 74.0 Å². The number of para-hydroxylation sites is 1. The zero-order valence-electron chi connectivity index (χ0n) is 25.1. The number of anilines is 1. The maximum Gasteiger partial charge on any atom is 0.339 e. The number of ether oxygens (including phenoxy) is 2. The lowest BCUT2D eigenvalue weighted by molar-refractivity contribution is -0.113. The fourth-order valence-corrected chi connectivity index (χ4v) is 6.44. The van der Waals surface area contributed by atoms with Crippen molar-refractivity contribution in [3.8, 4) is 17.1 Å². The van der Waals surface area contributed by atoms with Crippen LogP contribution in [0.3, 0.4) is 0 Å². The molecule has 0 saturated heterocycles. The molecule has 3 aromatic carbocycles. The minimum Gasteiger partial charge on any atom is -0.494 e. The lowest BCUT2D eigenvalue weighted by atomic mass is 9.95. The Bertz CT molecular complexity index is 2160. The lowest BCUT2D eigenvalue weighted by Gasteiger charge is -2.25. The van der Waals surface area contributed by atoms with Gasteiger partial charge in [0.15, 0.2) is 4.80 Å². The number of halogens is 1. The molecule has 0 unspecified atom stereocenters. The number of thiazole rings is 1. The molecule has 0 radical (unpaired) electrons. The number of carbonyl (C=O) groups excluding carboxylic acids is 2. The summed E-state index contributed by atoms with van der Waals surface area (Å²) in [5, 5.41) is 3.22. The number of amides is 1. The molecular formula is C35H28ClN3O6S. The number of benzene rings is 3. The number of fused-ring (bicyclic) bond motifs is 1. The monoisotopic (exact) mass is 653 g/mol. The Hall–Kier alpha value is -5.19. The molecule has 0 fully saturated rings. The normalized spacial score (nSPS) is 14.4. The summed E-state index contributed by atoms with van der Waals surface area (Å²) in [5.74, 6) is 0.663. The predicted molar refractivity (Wildman–Crippen MR) is 177 cm³/mol. The molecule has 1 atom stereocenters. The van der Waals surface area contributed by atoms with Gasteiger partial charge in [0.2, 0.25) is 0 Å². The van der Waals surface area contributed by atoms with Gasteiger partial charge in [0.25, 0.3) is 11.5 Å². The number of nitrogens with zero attached hydrogens (tertiary/aromatic N) is 2. The summed E-state index contributed by atoms with van der Waals surface area (Å²) in [5.41, 5.74) is 2.73. The van der Waals surface area contributed by atoms with Crippen molar-refractivity contribution in [2.24, 2.45) is 4.99 Å². The van der Waals surface area contributed by atoms with Crippen LogP contribution in [0.4, 0.5) is 5.69 Å². The van der Waals surface area contributed by atoms with Crippen LogP contribution in [-0.2, 0) is 9.53 Å². The maximum absolute atomic E-state index is 14.1. The first-order valence-corrected chi connectivity index (χ1v) is 15.6. The molecular weight excluding hydrogens is 626 g/mol. The minimum absolute atomic E-state index is 0.213. The Labute approximate surface area is 272 Å². The lowest BCUT2D eigenvalue weighted by Crippen LogP contribution is -2.40. The van der Waals surface area contributed by atoms with E-state index in [1.807, 2.05) is 49.4 Å². The van der Waals surface area contributed by atoms with Gasteiger partial charge in [-0.25, -0.2) is 9.79 Å². The third-order valence-corrected chi connectivity index (χ3v) is 8.67. The van der Waals surface area contributed by atoms with Crippen LogP contribution in [0.15, 0.2) is 110 Å². The number of allylic oxidation sites excluding steroid dienone is 1. The molecule has 2 aromatic heterocycles. The van der Waals surface area contributed by atoms with Crippen LogP contribution >= 0.6 is 22.9 Å². The first-order chi connectivity index (χ1) is 22.3. The van der Waals surface area contributed by atoms with E-state index in [2.05, 4.69) is 5.32 Å². The second-order valence-electron chi connectivity index (χ2n) is 10.3. The van der Waals surface area contributed by atoms with Crippen LogP contribution in [-0.4, -0.2) is 30.2 Å². The quantitative estimate of drug-likeness (QED) is 0.207. The average molecular weight is 654 g/mol. The van der Waals surface area contributed by atoms with Gasteiger partial charge in [-0.3, -0.25) is 14.2 Å². The molecule has 5 aromatic rings. The number of nitrogens with one attached hydrogen (secondary N) is 1. The van der Waals surface area contributed by atoms with Crippen molar-refractivity contribution in [3.63, 3.8) is 0 Å². The van der Waals surface area contributed by atoms with E-state index in [0.29, 0.717) is 55.7 Å². The van der Waals surface area contributed by atoms with E-state index >= 15 is 0 Å². The van der Waals surface area contributed by atoms with E-state index < -0.39 is 12.0 Å². The summed E-state index contributed by atoms with van der Waals surface area (Å²) in [6.45, 7) is 4.19. The van der Waals surface area contributed by atoms with Crippen molar-refractivity contribution < 1.29 is 23.5 Å². The Balaban J connectivity index is 1.42. The molecule has 9 nitrogen and oxygen atoms in total. The fourth-order valence-electron chi connectivity index (χ4n) is 5.22. The van der Waals surface area contributed by atoms with E-state index in [4.69, 9.17) is 30.5 Å². The van der Waals surface area contributed by atoms with Gasteiger partial charge < -0.3 is 19.2 Å². The van der Waals surface area contributed by atoms with Crippen LogP contribution in [0.5, 0.6) is 5.75 Å². The van der Waals surface area contributed by atoms with Crippen molar-refractivity contribution >= 4 is 46.6 Å². The topological polar surface area (TPSA) is 112 Å². The molecule has 0 bridgehead atoms. The number of hydrogen-bond donors (Lipinski definition) is 1. The third-order valence-electron chi connectivity index (χ3n) is 7.36. The summed E-state index contributed by atoms with van der Waals surface area (Å²) in [7, 11) is 1.28. The van der Waals surface area contributed by atoms with Crippen LogP contribution < -0.4 is 24.9 Å². The number of hydrogen-bond acceptors (Lipinski definition) is 8. The molecule has 3 heterocycles. The molecule has 0 spiro atoms. The number of furan rings is 1. The molecule has 0 aliphatic carbocycles. The summed E-state index contributed by atoms with van der Waals surface area (Å²) >= 11 is 7.38. The molecule has 46 heavy (non-hydrogen) atoms. The van der Waals surface area contributed by atoms with Gasteiger partial charge in [0.05, 0.1) is 46.1 Å². The van der Waals surface area contributed by atoms with Gasteiger partial charge >= 0.3 is 5.97 Å². The van der Waals surface area contributed by atoms with Crippen LogP contribution in [0.25, 0.3) is 17.4 Å². The second kappa shape index (κ2) is 13.0. The number of aromatic nitrogens is 1. The van der Waals surface area contributed by atoms with Gasteiger partial charge in [-0.2, -0.15) is 0 Å². The smallest absolute Gasteiger partial charge is 0.339 e. The molecule has 1 aliphatic heterocycles. The largest absolute Gasteiger partial charge is 0.494 e. The number of rotatable bonds is 8. The van der Waals surface area contributed by atoms with Crippen molar-refractivity contribution in [1.82, 2.24) is 4.57 Å². The highest BCUT2D eigenvalue weighted by Gasteiger charge is 2.32. The SMILES string of the molecule is CCOc1ccc([C@H]2C(C(=O)Nc3ccccc3)=C(C)N=c3s/c(=C\c4ccc(-c5ccc(Cl)c(C(=O)OC)c5)o4)c(=O)n32)cc1. The van der Waals surface area contributed by atoms with Gasteiger partial charge in [0.1, 0.15) is 17.3 Å². The van der Waals surface area contributed by atoms with E-state index in [9.17, 15) is 14.4 Å². The molecule has 1 aliphatic rings. The fraction of sp³-hybridized carbons (Fsp3) is 0.143. The third kappa shape index (κ3) is 6.04. The number of methoxy groups -OCH3 is 1. The molecule has 1 N–H and O–H groups in total. The standard InChI is InChI=1S/C35H28ClN3O6S/c1-4-44-24-13-10-21(11-14-24)31-30(32(40)38-23-8-6-5-7-9-23)20(2)37-35-39(31)33(41)29(46-35)19-25-15-17-28(45-25)22-12-16-27(36)26(18-22)34(42)43-3/h5-19,31H,4H2,1-3H3,(H,38,40)/b29-19-/t31-/m0/s1. The van der Waals surface area contributed by atoms with E-state index in [-0.39, 0.29) is 22.1 Å². The Kier molecular flexibility index (Phi) is 8.74. The minimum atomic E-state index is -0.740. The Morgan fingerprint density at radius 1 is 1.07 bits per heavy atom. The van der Waals surface area contributed by atoms with Gasteiger partial charge in [0, 0.05) is 17.3 Å². The summed E-state index contributed by atoms with van der Waals surface area (Å²) in [4.78, 5) is 45.1. The zero-order chi connectivity index (χ0) is 32.4. The van der Waals surface area contributed by atoms with Crippen molar-refractivity contribution in [2.75, 3.05) is 19.0 Å². The number of carbonyl (C=O) groups is 2. The van der Waals surface area contributed by atoms with Crippen molar-refractivity contribution in [1.29, 1.82) is 0 Å². The number of esters is 1. The van der Waals surface area contributed by atoms with Crippen LogP contribution in [0, 0.1) is 0 Å².